The van der Waals surface area contributed by atoms with Crippen molar-refractivity contribution in [3.63, 3.8) is 0 Å². The van der Waals surface area contributed by atoms with Crippen LogP contribution in [0.5, 0.6) is 0 Å². The Hall–Kier alpha value is -0.890. The van der Waals surface area contributed by atoms with Crippen LogP contribution < -0.4 is 0 Å². The first-order valence-electron chi connectivity index (χ1n) is 4.22. The minimum absolute atomic E-state index is 0.196. The number of rotatable bonds is 1. The summed E-state index contributed by atoms with van der Waals surface area (Å²) < 4.78 is 13.4. The van der Waals surface area contributed by atoms with Crippen molar-refractivity contribution in [2.24, 2.45) is 0 Å². The molecule has 13 heavy (non-hydrogen) atoms. The zero-order valence-electron chi connectivity index (χ0n) is 8.13. The molecule has 0 fully saturated rings. The normalized spacial score (nSPS) is 11.8. The highest BCUT2D eigenvalue weighted by molar-refractivity contribution is 5.31. The standard InChI is InChI=1S/C11H14FO/c1-11(2,3)9-5-4-8(7-13)6-10(9)12/h4-7,13H,1-3H3. The second kappa shape index (κ2) is 3.46. The van der Waals surface area contributed by atoms with Gasteiger partial charge in [0.1, 0.15) is 12.4 Å². The fraction of sp³-hybridized carbons (Fsp3) is 0.364. The lowest BCUT2D eigenvalue weighted by Gasteiger charge is -2.19. The first-order valence-corrected chi connectivity index (χ1v) is 4.22. The lowest BCUT2D eigenvalue weighted by molar-refractivity contribution is 0.413. The van der Waals surface area contributed by atoms with Gasteiger partial charge in [-0.25, -0.2) is 4.39 Å². The molecule has 0 aliphatic rings. The molecule has 0 unspecified atom stereocenters. The van der Waals surface area contributed by atoms with Crippen molar-refractivity contribution in [3.05, 3.63) is 41.8 Å². The molecule has 0 aliphatic carbocycles. The fourth-order valence-electron chi connectivity index (χ4n) is 1.22. The van der Waals surface area contributed by atoms with Gasteiger partial charge in [0.15, 0.2) is 0 Å². The number of halogens is 1. The van der Waals surface area contributed by atoms with E-state index in [0.717, 1.165) is 6.61 Å². The Bertz CT molecular complexity index is 299. The van der Waals surface area contributed by atoms with E-state index < -0.39 is 0 Å². The van der Waals surface area contributed by atoms with Gasteiger partial charge in [-0.05, 0) is 22.6 Å². The smallest absolute Gasteiger partial charge is 0.127 e. The lowest BCUT2D eigenvalue weighted by Crippen LogP contribution is -2.13. The Balaban J connectivity index is 3.13. The maximum Gasteiger partial charge on any atom is 0.127 e. The molecule has 0 atom stereocenters. The van der Waals surface area contributed by atoms with Gasteiger partial charge >= 0.3 is 0 Å². The summed E-state index contributed by atoms with van der Waals surface area (Å²) in [6.45, 7) is 6.75. The quantitative estimate of drug-likeness (QED) is 0.706. The number of aliphatic hydroxyl groups excluding tert-OH is 1. The summed E-state index contributed by atoms with van der Waals surface area (Å²) in [5.41, 5.74) is 0.960. The second-order valence-electron chi connectivity index (χ2n) is 4.12. The molecule has 1 aromatic rings. The Kier molecular flexibility index (Phi) is 2.71. The van der Waals surface area contributed by atoms with E-state index in [0.29, 0.717) is 11.1 Å². The lowest BCUT2D eigenvalue weighted by atomic mass is 9.86. The molecule has 1 radical (unpaired) electrons. The van der Waals surface area contributed by atoms with Crippen molar-refractivity contribution in [3.8, 4) is 0 Å². The summed E-state index contributed by atoms with van der Waals surface area (Å²) in [6.07, 6.45) is 0. The fourth-order valence-corrected chi connectivity index (χ4v) is 1.22. The number of hydrogen-bond acceptors (Lipinski definition) is 1. The molecule has 0 amide bonds. The van der Waals surface area contributed by atoms with Crippen LogP contribution in [0.3, 0.4) is 0 Å². The molecule has 1 aromatic carbocycles. The van der Waals surface area contributed by atoms with Crippen LogP contribution in [0.25, 0.3) is 0 Å². The molecule has 0 aromatic heterocycles. The number of benzene rings is 1. The number of aliphatic hydroxyl groups is 1. The molecule has 1 nitrogen and oxygen atoms in total. The van der Waals surface area contributed by atoms with Gasteiger partial charge in [-0.15, -0.1) is 0 Å². The summed E-state index contributed by atoms with van der Waals surface area (Å²) in [5.74, 6) is -0.268. The average molecular weight is 181 g/mol. The summed E-state index contributed by atoms with van der Waals surface area (Å²) >= 11 is 0. The van der Waals surface area contributed by atoms with Gasteiger partial charge in [0, 0.05) is 0 Å². The minimum Gasteiger partial charge on any atom is -0.385 e. The summed E-state index contributed by atoms with van der Waals surface area (Å²) in [6, 6.07) is 4.74. The van der Waals surface area contributed by atoms with Crippen molar-refractivity contribution in [2.75, 3.05) is 0 Å². The molecule has 0 spiro atoms. The van der Waals surface area contributed by atoms with Crippen LogP contribution in [-0.4, -0.2) is 5.11 Å². The van der Waals surface area contributed by atoms with Gasteiger partial charge in [-0.3, -0.25) is 0 Å². The molecule has 2 heteroatoms. The van der Waals surface area contributed by atoms with E-state index in [2.05, 4.69) is 0 Å². The molecule has 1 rings (SSSR count). The van der Waals surface area contributed by atoms with Crippen LogP contribution in [0.15, 0.2) is 18.2 Å². The van der Waals surface area contributed by atoms with Crippen LogP contribution in [0.4, 0.5) is 4.39 Å². The first kappa shape index (κ1) is 10.2. The molecule has 0 saturated carbocycles. The maximum atomic E-state index is 13.4. The van der Waals surface area contributed by atoms with Gasteiger partial charge in [-0.2, -0.15) is 0 Å². The molecule has 0 aliphatic heterocycles. The van der Waals surface area contributed by atoms with Gasteiger partial charge in [0.05, 0.1) is 0 Å². The Labute approximate surface area is 78.2 Å². The third-order valence-corrected chi connectivity index (χ3v) is 1.95. The van der Waals surface area contributed by atoms with Crippen molar-refractivity contribution >= 4 is 0 Å². The molecular weight excluding hydrogens is 167 g/mol. The molecule has 0 bridgehead atoms. The van der Waals surface area contributed by atoms with Crippen molar-refractivity contribution < 1.29 is 9.50 Å². The Morgan fingerprint density at radius 3 is 2.31 bits per heavy atom. The molecule has 0 heterocycles. The van der Waals surface area contributed by atoms with Crippen LogP contribution in [0.1, 0.15) is 31.9 Å². The first-order chi connectivity index (χ1) is 5.95. The van der Waals surface area contributed by atoms with E-state index in [-0.39, 0.29) is 11.2 Å². The average Bonchev–Trinajstić information content (AvgIpc) is 2.01. The summed E-state index contributed by atoms with van der Waals surface area (Å²) in [4.78, 5) is 0. The predicted octanol–water partition coefficient (Wildman–Crippen LogP) is 3.01. The highest BCUT2D eigenvalue weighted by Crippen LogP contribution is 2.25. The SMILES string of the molecule is CC(C)(C)c1ccc([CH]O)cc1F. The van der Waals surface area contributed by atoms with E-state index in [4.69, 9.17) is 5.11 Å². The minimum atomic E-state index is -0.268. The molecule has 1 N–H and O–H groups in total. The highest BCUT2D eigenvalue weighted by Gasteiger charge is 2.17. The zero-order chi connectivity index (χ0) is 10.1. The Morgan fingerprint density at radius 1 is 1.31 bits per heavy atom. The van der Waals surface area contributed by atoms with E-state index in [1.807, 2.05) is 20.8 Å². The van der Waals surface area contributed by atoms with E-state index in [1.165, 1.54) is 6.07 Å². The van der Waals surface area contributed by atoms with Crippen LogP contribution in [0.2, 0.25) is 0 Å². The van der Waals surface area contributed by atoms with Crippen molar-refractivity contribution in [1.29, 1.82) is 0 Å². The Morgan fingerprint density at radius 2 is 1.92 bits per heavy atom. The topological polar surface area (TPSA) is 20.2 Å². The maximum absolute atomic E-state index is 13.4. The van der Waals surface area contributed by atoms with Gasteiger partial charge in [0.2, 0.25) is 0 Å². The summed E-state index contributed by atoms with van der Waals surface area (Å²) in [7, 11) is 0. The largest absolute Gasteiger partial charge is 0.385 e. The number of hydrogen-bond donors (Lipinski definition) is 1. The van der Waals surface area contributed by atoms with E-state index in [9.17, 15) is 4.39 Å². The third-order valence-electron chi connectivity index (χ3n) is 1.95. The zero-order valence-corrected chi connectivity index (χ0v) is 8.13. The second-order valence-corrected chi connectivity index (χ2v) is 4.12. The third kappa shape index (κ3) is 2.28. The molecule has 71 valence electrons. The molecular formula is C11H14FO. The van der Waals surface area contributed by atoms with Crippen LogP contribution >= 0.6 is 0 Å². The van der Waals surface area contributed by atoms with E-state index in [1.54, 1.807) is 12.1 Å². The van der Waals surface area contributed by atoms with E-state index >= 15 is 0 Å². The van der Waals surface area contributed by atoms with Crippen molar-refractivity contribution in [2.45, 2.75) is 26.2 Å². The monoisotopic (exact) mass is 181 g/mol. The van der Waals surface area contributed by atoms with Crippen molar-refractivity contribution in [1.82, 2.24) is 0 Å². The highest BCUT2D eigenvalue weighted by atomic mass is 19.1. The van der Waals surface area contributed by atoms with Gasteiger partial charge < -0.3 is 5.11 Å². The summed E-state index contributed by atoms with van der Waals surface area (Å²) in [5, 5.41) is 8.66. The van der Waals surface area contributed by atoms with Gasteiger partial charge in [0.25, 0.3) is 0 Å². The van der Waals surface area contributed by atoms with Crippen LogP contribution in [0, 0.1) is 12.4 Å². The van der Waals surface area contributed by atoms with Crippen LogP contribution in [-0.2, 0) is 5.41 Å². The predicted molar refractivity (Wildman–Crippen MR) is 50.4 cm³/mol. The molecule has 0 saturated heterocycles. The van der Waals surface area contributed by atoms with Gasteiger partial charge in [-0.1, -0.05) is 32.9 Å².